The molecule has 0 saturated carbocycles. The molecule has 7 heteroatoms. The first-order valence-electron chi connectivity index (χ1n) is 4.72. The number of hydrogen-bond donors (Lipinski definition) is 1. The van der Waals surface area contributed by atoms with Gasteiger partial charge in [0, 0.05) is 10.9 Å². The van der Waals surface area contributed by atoms with E-state index in [0.717, 1.165) is 17.6 Å². The van der Waals surface area contributed by atoms with Crippen LogP contribution in [0, 0.1) is 17.5 Å². The fourth-order valence-electron chi connectivity index (χ4n) is 1.52. The Kier molecular flexibility index (Phi) is 3.39. The highest BCUT2D eigenvalue weighted by atomic mass is 32.1. The van der Waals surface area contributed by atoms with Crippen molar-refractivity contribution in [1.82, 2.24) is 14.9 Å². The monoisotopic (exact) mass is 259 g/mol. The Hall–Kier alpha value is -1.47. The van der Waals surface area contributed by atoms with Crippen molar-refractivity contribution in [3.8, 4) is 0 Å². The van der Waals surface area contributed by atoms with Gasteiger partial charge in [0.25, 0.3) is 0 Å². The van der Waals surface area contributed by atoms with Crippen LogP contribution in [0.4, 0.5) is 13.2 Å². The predicted molar refractivity (Wildman–Crippen MR) is 57.1 cm³/mol. The second-order valence-corrected chi connectivity index (χ2v) is 3.93. The van der Waals surface area contributed by atoms with Crippen LogP contribution in [-0.2, 0) is 0 Å². The fraction of sp³-hybridized carbons (Fsp3) is 0.200. The largest absolute Gasteiger partial charge is 0.308 e. The SMILES string of the molecule is CNC(c1csnn1)c1ccc(F)c(F)c1F. The number of aromatic nitrogens is 2. The van der Waals surface area contributed by atoms with Crippen molar-refractivity contribution >= 4 is 11.5 Å². The summed E-state index contributed by atoms with van der Waals surface area (Å²) >= 11 is 1.10. The molecule has 0 bridgehead atoms. The summed E-state index contributed by atoms with van der Waals surface area (Å²) in [5, 5.41) is 8.18. The quantitative estimate of drug-likeness (QED) is 0.859. The summed E-state index contributed by atoms with van der Waals surface area (Å²) in [6, 6.07) is 1.43. The molecule has 0 aliphatic heterocycles. The van der Waals surface area contributed by atoms with Crippen molar-refractivity contribution in [3.63, 3.8) is 0 Å². The van der Waals surface area contributed by atoms with Crippen LogP contribution in [0.3, 0.4) is 0 Å². The Morgan fingerprint density at radius 3 is 2.59 bits per heavy atom. The minimum atomic E-state index is -1.48. The van der Waals surface area contributed by atoms with Crippen LogP contribution in [0.2, 0.25) is 0 Å². The van der Waals surface area contributed by atoms with Gasteiger partial charge in [-0.1, -0.05) is 10.6 Å². The lowest BCUT2D eigenvalue weighted by atomic mass is 10.0. The van der Waals surface area contributed by atoms with Gasteiger partial charge in [0.2, 0.25) is 0 Å². The molecular formula is C10H8F3N3S. The number of hydrogen-bond acceptors (Lipinski definition) is 4. The van der Waals surface area contributed by atoms with E-state index in [1.807, 2.05) is 0 Å². The molecule has 1 aromatic carbocycles. The van der Waals surface area contributed by atoms with E-state index in [0.29, 0.717) is 5.69 Å². The average molecular weight is 259 g/mol. The van der Waals surface area contributed by atoms with Crippen molar-refractivity contribution < 1.29 is 13.2 Å². The summed E-state index contributed by atoms with van der Waals surface area (Å²) in [5.41, 5.74) is 0.460. The van der Waals surface area contributed by atoms with Gasteiger partial charge in [-0.25, -0.2) is 13.2 Å². The Bertz CT molecular complexity index is 516. The Morgan fingerprint density at radius 1 is 1.24 bits per heavy atom. The Labute approximate surface area is 99.5 Å². The molecule has 0 aliphatic rings. The minimum absolute atomic E-state index is 0.000833. The van der Waals surface area contributed by atoms with Gasteiger partial charge in [0.1, 0.15) is 0 Å². The van der Waals surface area contributed by atoms with E-state index in [2.05, 4.69) is 14.9 Å². The number of benzene rings is 1. The van der Waals surface area contributed by atoms with E-state index in [-0.39, 0.29) is 5.56 Å². The fourth-order valence-corrected chi connectivity index (χ4v) is 2.00. The van der Waals surface area contributed by atoms with Crippen molar-refractivity contribution in [3.05, 3.63) is 46.2 Å². The van der Waals surface area contributed by atoms with Gasteiger partial charge in [0.05, 0.1) is 11.7 Å². The van der Waals surface area contributed by atoms with Gasteiger partial charge in [-0.3, -0.25) is 0 Å². The molecule has 3 nitrogen and oxygen atoms in total. The highest BCUT2D eigenvalue weighted by molar-refractivity contribution is 7.03. The van der Waals surface area contributed by atoms with Gasteiger partial charge in [0.15, 0.2) is 17.5 Å². The first kappa shape index (κ1) is 12.0. The summed E-state index contributed by atoms with van der Waals surface area (Å²) in [4.78, 5) is 0. The molecule has 1 aromatic heterocycles. The zero-order valence-corrected chi connectivity index (χ0v) is 9.56. The van der Waals surface area contributed by atoms with Gasteiger partial charge in [-0.05, 0) is 24.6 Å². The summed E-state index contributed by atoms with van der Waals surface area (Å²) in [6.07, 6.45) is 0. The molecular weight excluding hydrogens is 251 g/mol. The lowest BCUT2D eigenvalue weighted by molar-refractivity contribution is 0.434. The maximum absolute atomic E-state index is 13.6. The van der Waals surface area contributed by atoms with Crippen LogP contribution >= 0.6 is 11.5 Å². The van der Waals surface area contributed by atoms with Crippen molar-refractivity contribution in [2.45, 2.75) is 6.04 Å². The maximum Gasteiger partial charge on any atom is 0.194 e. The predicted octanol–water partition coefficient (Wildman–Crippen LogP) is 2.26. The smallest absolute Gasteiger partial charge is 0.194 e. The van der Waals surface area contributed by atoms with E-state index in [4.69, 9.17) is 0 Å². The first-order valence-corrected chi connectivity index (χ1v) is 5.56. The second kappa shape index (κ2) is 4.80. The first-order chi connectivity index (χ1) is 8.15. The summed E-state index contributed by atoms with van der Waals surface area (Å²) in [5.74, 6) is -3.90. The highest BCUT2D eigenvalue weighted by Gasteiger charge is 2.22. The minimum Gasteiger partial charge on any atom is -0.308 e. The molecule has 17 heavy (non-hydrogen) atoms. The normalized spacial score (nSPS) is 12.7. The third-order valence-electron chi connectivity index (χ3n) is 2.34. The maximum atomic E-state index is 13.6. The third-order valence-corrected chi connectivity index (χ3v) is 2.86. The van der Waals surface area contributed by atoms with E-state index in [1.165, 1.54) is 6.07 Å². The molecule has 2 rings (SSSR count). The summed E-state index contributed by atoms with van der Waals surface area (Å²) < 4.78 is 43.2. The molecule has 90 valence electrons. The number of nitrogens with one attached hydrogen (secondary N) is 1. The lowest BCUT2D eigenvalue weighted by Crippen LogP contribution is -2.20. The molecule has 0 fully saturated rings. The van der Waals surface area contributed by atoms with E-state index in [1.54, 1.807) is 12.4 Å². The Morgan fingerprint density at radius 2 is 2.00 bits per heavy atom. The van der Waals surface area contributed by atoms with Crippen LogP contribution in [0.5, 0.6) is 0 Å². The molecule has 0 saturated heterocycles. The van der Waals surface area contributed by atoms with Gasteiger partial charge >= 0.3 is 0 Å². The van der Waals surface area contributed by atoms with Crippen molar-refractivity contribution in [1.29, 1.82) is 0 Å². The lowest BCUT2D eigenvalue weighted by Gasteiger charge is -2.14. The second-order valence-electron chi connectivity index (χ2n) is 3.32. The molecule has 0 spiro atoms. The van der Waals surface area contributed by atoms with Crippen LogP contribution in [0.1, 0.15) is 17.3 Å². The zero-order chi connectivity index (χ0) is 12.4. The van der Waals surface area contributed by atoms with Crippen LogP contribution in [-0.4, -0.2) is 16.6 Å². The molecule has 1 unspecified atom stereocenters. The van der Waals surface area contributed by atoms with Crippen molar-refractivity contribution in [2.24, 2.45) is 0 Å². The van der Waals surface area contributed by atoms with Gasteiger partial charge < -0.3 is 5.32 Å². The molecule has 0 radical (unpaired) electrons. The van der Waals surface area contributed by atoms with E-state index < -0.39 is 23.5 Å². The van der Waals surface area contributed by atoms with Gasteiger partial charge in [-0.15, -0.1) is 5.10 Å². The molecule has 0 amide bonds. The number of halogens is 3. The summed E-state index contributed by atoms with van der Waals surface area (Å²) in [6.45, 7) is 0. The molecule has 1 N–H and O–H groups in total. The van der Waals surface area contributed by atoms with E-state index in [9.17, 15) is 13.2 Å². The third kappa shape index (κ3) is 2.16. The summed E-state index contributed by atoms with van der Waals surface area (Å²) in [7, 11) is 1.57. The number of nitrogens with zero attached hydrogens (tertiary/aromatic N) is 2. The topological polar surface area (TPSA) is 37.8 Å². The van der Waals surface area contributed by atoms with Crippen molar-refractivity contribution in [2.75, 3.05) is 7.05 Å². The van der Waals surface area contributed by atoms with Crippen LogP contribution < -0.4 is 5.32 Å². The van der Waals surface area contributed by atoms with Crippen LogP contribution in [0.25, 0.3) is 0 Å². The highest BCUT2D eigenvalue weighted by Crippen LogP contribution is 2.25. The Balaban J connectivity index is 2.49. The molecule has 2 aromatic rings. The van der Waals surface area contributed by atoms with Gasteiger partial charge in [-0.2, -0.15) is 0 Å². The molecule has 1 heterocycles. The molecule has 1 atom stereocenters. The average Bonchev–Trinajstić information content (AvgIpc) is 2.84. The van der Waals surface area contributed by atoms with Crippen LogP contribution in [0.15, 0.2) is 17.5 Å². The van der Waals surface area contributed by atoms with E-state index >= 15 is 0 Å². The zero-order valence-electron chi connectivity index (χ0n) is 8.75. The standard InChI is InChI=1S/C10H8F3N3S/c1-14-10(7-4-17-16-15-7)5-2-3-6(11)9(13)8(5)12/h2-4,10,14H,1H3. The molecule has 0 aliphatic carbocycles. The number of rotatable bonds is 3.